The Kier molecular flexibility index (Phi) is 3.81. The molecule has 2 saturated heterocycles. The molecular weight excluding hydrogens is 284 g/mol. The Morgan fingerprint density at radius 2 is 2.33 bits per heavy atom. The first-order valence-corrected chi connectivity index (χ1v) is 8.33. The van der Waals surface area contributed by atoms with Crippen LogP contribution in [0.4, 0.5) is 5.69 Å². The van der Waals surface area contributed by atoms with Crippen LogP contribution in [0, 0.1) is 17.2 Å². The van der Waals surface area contributed by atoms with Gasteiger partial charge in [-0.05, 0) is 37.1 Å². The van der Waals surface area contributed by atoms with Gasteiger partial charge in [0.15, 0.2) is 0 Å². The quantitative estimate of drug-likeness (QED) is 0.866. The van der Waals surface area contributed by atoms with Gasteiger partial charge in [0.1, 0.15) is 6.07 Å². The summed E-state index contributed by atoms with van der Waals surface area (Å²) in [6.45, 7) is 2.07. The van der Waals surface area contributed by atoms with E-state index in [9.17, 15) is 15.2 Å². The van der Waals surface area contributed by atoms with Crippen molar-refractivity contribution in [3.05, 3.63) is 23.8 Å². The molecule has 0 amide bonds. The van der Waals surface area contributed by atoms with E-state index in [1.54, 1.807) is 11.8 Å². The number of hydrogen-bond acceptors (Lipinski definition) is 4. The van der Waals surface area contributed by atoms with E-state index in [0.29, 0.717) is 12.0 Å². The molecule has 2 heterocycles. The smallest absolute Gasteiger partial charge is 0.308 e. The van der Waals surface area contributed by atoms with Crippen molar-refractivity contribution in [2.24, 2.45) is 5.92 Å². The van der Waals surface area contributed by atoms with Gasteiger partial charge in [-0.3, -0.25) is 4.79 Å². The normalized spacial score (nSPS) is 26.9. The van der Waals surface area contributed by atoms with E-state index in [2.05, 4.69) is 17.9 Å². The summed E-state index contributed by atoms with van der Waals surface area (Å²) in [6, 6.07) is 8.56. The van der Waals surface area contributed by atoms with E-state index in [-0.39, 0.29) is 18.0 Å². The predicted molar refractivity (Wildman–Crippen MR) is 82.6 cm³/mol. The maximum absolute atomic E-state index is 11.4. The Morgan fingerprint density at radius 1 is 1.52 bits per heavy atom. The zero-order chi connectivity index (χ0) is 15.0. The summed E-state index contributed by atoms with van der Waals surface area (Å²) in [6.07, 6.45) is 2.65. The Morgan fingerprint density at radius 3 is 2.95 bits per heavy atom. The van der Waals surface area contributed by atoms with Gasteiger partial charge in [-0.1, -0.05) is 13.0 Å². The van der Waals surface area contributed by atoms with Crippen LogP contribution < -0.4 is 4.90 Å². The van der Waals surface area contributed by atoms with E-state index < -0.39 is 5.97 Å². The monoisotopic (exact) mass is 302 g/mol. The van der Waals surface area contributed by atoms with Crippen LogP contribution in [0.25, 0.3) is 0 Å². The molecule has 0 aromatic heterocycles. The largest absolute Gasteiger partial charge is 0.481 e. The molecule has 110 valence electrons. The molecule has 4 nitrogen and oxygen atoms in total. The Balaban J connectivity index is 2.00. The molecule has 0 radical (unpaired) electrons. The zero-order valence-electron chi connectivity index (χ0n) is 12.0. The fraction of sp³-hybridized carbons (Fsp3) is 0.500. The van der Waals surface area contributed by atoms with Crippen LogP contribution in [-0.2, 0) is 4.79 Å². The second kappa shape index (κ2) is 5.61. The molecule has 0 spiro atoms. The van der Waals surface area contributed by atoms with E-state index in [0.717, 1.165) is 29.2 Å². The summed E-state index contributed by atoms with van der Waals surface area (Å²) in [5.41, 5.74) is 1.62. The van der Waals surface area contributed by atoms with Gasteiger partial charge in [-0.25, -0.2) is 0 Å². The van der Waals surface area contributed by atoms with E-state index in [1.807, 2.05) is 18.2 Å². The van der Waals surface area contributed by atoms with Gasteiger partial charge in [-0.15, -0.1) is 11.8 Å². The molecule has 2 aliphatic rings. The first-order chi connectivity index (χ1) is 10.2. The number of carbonyl (C=O) groups is 1. The van der Waals surface area contributed by atoms with Crippen LogP contribution in [0.5, 0.6) is 0 Å². The second-order valence-corrected chi connectivity index (χ2v) is 6.89. The average molecular weight is 302 g/mol. The van der Waals surface area contributed by atoms with Gasteiger partial charge in [0, 0.05) is 17.0 Å². The van der Waals surface area contributed by atoms with Crippen LogP contribution in [0.15, 0.2) is 23.1 Å². The molecule has 2 fully saturated rings. The minimum atomic E-state index is -0.704. The zero-order valence-corrected chi connectivity index (χ0v) is 12.8. The summed E-state index contributed by atoms with van der Waals surface area (Å²) >= 11 is 1.66. The molecule has 3 rings (SSSR count). The van der Waals surface area contributed by atoms with E-state index in [4.69, 9.17) is 0 Å². The third-order valence-electron chi connectivity index (χ3n) is 4.55. The molecule has 3 atom stereocenters. The van der Waals surface area contributed by atoms with E-state index >= 15 is 0 Å². The Bertz CT molecular complexity index is 611. The third-order valence-corrected chi connectivity index (χ3v) is 5.49. The number of benzene rings is 1. The van der Waals surface area contributed by atoms with Crippen molar-refractivity contribution in [2.45, 2.75) is 43.2 Å². The highest BCUT2D eigenvalue weighted by atomic mass is 32.2. The summed E-state index contributed by atoms with van der Waals surface area (Å²) in [4.78, 5) is 14.6. The van der Waals surface area contributed by atoms with Gasteiger partial charge in [-0.2, -0.15) is 5.26 Å². The molecule has 5 heteroatoms. The van der Waals surface area contributed by atoms with E-state index in [1.165, 1.54) is 0 Å². The maximum atomic E-state index is 11.4. The maximum Gasteiger partial charge on any atom is 0.308 e. The number of aliphatic carboxylic acids is 1. The molecule has 2 aliphatic heterocycles. The predicted octanol–water partition coefficient (Wildman–Crippen LogP) is 3.11. The fourth-order valence-corrected chi connectivity index (χ4v) is 4.53. The molecule has 0 aliphatic carbocycles. The van der Waals surface area contributed by atoms with Crippen molar-refractivity contribution in [1.82, 2.24) is 0 Å². The molecule has 2 bridgehead atoms. The van der Waals surface area contributed by atoms with Crippen LogP contribution in [0.1, 0.15) is 31.7 Å². The minimum absolute atomic E-state index is 0.0430. The standard InChI is InChI=1S/C16H18N2O2S/c1-2-21-15-5-3-4-13(12(15)9-17)18-10-6-7-14(18)11(8-10)16(19)20/h3-5,10-11,14H,2,6-8H2,1H3,(H,19,20). The van der Waals surface area contributed by atoms with Crippen molar-refractivity contribution in [3.8, 4) is 6.07 Å². The SMILES string of the molecule is CCSc1cccc(N2C3CCC2C(C(=O)O)C3)c1C#N. The average Bonchev–Trinajstić information content (AvgIpc) is 3.05. The number of hydrogen-bond donors (Lipinski definition) is 1. The van der Waals surface area contributed by atoms with Crippen molar-refractivity contribution in [3.63, 3.8) is 0 Å². The van der Waals surface area contributed by atoms with Gasteiger partial charge in [0.2, 0.25) is 0 Å². The first kappa shape index (κ1) is 14.3. The van der Waals surface area contributed by atoms with Crippen LogP contribution in [-0.4, -0.2) is 28.9 Å². The van der Waals surface area contributed by atoms with Gasteiger partial charge >= 0.3 is 5.97 Å². The number of nitriles is 1. The molecule has 1 aromatic rings. The number of fused-ring (bicyclic) bond motifs is 2. The summed E-state index contributed by atoms with van der Waals surface area (Å²) in [5, 5.41) is 18.9. The Hall–Kier alpha value is -1.67. The third kappa shape index (κ3) is 2.28. The highest BCUT2D eigenvalue weighted by Gasteiger charge is 2.49. The van der Waals surface area contributed by atoms with Crippen LogP contribution >= 0.6 is 11.8 Å². The molecule has 1 aromatic carbocycles. The molecule has 3 unspecified atom stereocenters. The summed E-state index contributed by atoms with van der Waals surface area (Å²) in [7, 11) is 0. The lowest BCUT2D eigenvalue weighted by atomic mass is 9.89. The number of nitrogens with zero attached hydrogens (tertiary/aromatic N) is 2. The number of anilines is 1. The van der Waals surface area contributed by atoms with Crippen LogP contribution in [0.3, 0.4) is 0 Å². The number of thioether (sulfide) groups is 1. The fourth-order valence-electron chi connectivity index (χ4n) is 3.75. The minimum Gasteiger partial charge on any atom is -0.481 e. The molecule has 21 heavy (non-hydrogen) atoms. The highest BCUT2D eigenvalue weighted by molar-refractivity contribution is 7.99. The lowest BCUT2D eigenvalue weighted by Crippen LogP contribution is -2.33. The number of carboxylic acids is 1. The van der Waals surface area contributed by atoms with Crippen LogP contribution in [0.2, 0.25) is 0 Å². The van der Waals surface area contributed by atoms with Crippen molar-refractivity contribution >= 4 is 23.4 Å². The second-order valence-electron chi connectivity index (χ2n) is 5.58. The molecular formula is C16H18N2O2S. The van der Waals surface area contributed by atoms with Gasteiger partial charge < -0.3 is 10.0 Å². The molecule has 0 saturated carbocycles. The molecule has 1 N–H and O–H groups in total. The van der Waals surface area contributed by atoms with Gasteiger partial charge in [0.05, 0.1) is 17.2 Å². The Labute approximate surface area is 128 Å². The van der Waals surface area contributed by atoms with Crippen molar-refractivity contribution in [2.75, 3.05) is 10.7 Å². The topological polar surface area (TPSA) is 64.3 Å². The number of carboxylic acid groups (broad SMARTS) is 1. The summed E-state index contributed by atoms with van der Waals surface area (Å²) in [5.74, 6) is -0.0782. The van der Waals surface area contributed by atoms with Gasteiger partial charge in [0.25, 0.3) is 0 Å². The lowest BCUT2D eigenvalue weighted by Gasteiger charge is -2.27. The lowest BCUT2D eigenvalue weighted by molar-refractivity contribution is -0.142. The summed E-state index contributed by atoms with van der Waals surface area (Å²) < 4.78 is 0. The highest BCUT2D eigenvalue weighted by Crippen LogP contribution is 2.46. The first-order valence-electron chi connectivity index (χ1n) is 7.34. The van der Waals surface area contributed by atoms with Crippen molar-refractivity contribution < 1.29 is 9.90 Å². The number of rotatable bonds is 4. The van der Waals surface area contributed by atoms with Crippen molar-refractivity contribution in [1.29, 1.82) is 5.26 Å².